The molecule has 0 bridgehead atoms. The van der Waals surface area contributed by atoms with E-state index in [2.05, 4.69) is 30.6 Å². The minimum atomic E-state index is 0.221. The highest BCUT2D eigenvalue weighted by atomic mass is 16.5. The molecule has 3 heterocycles. The van der Waals surface area contributed by atoms with Crippen LogP contribution in [0.25, 0.3) is 0 Å². The van der Waals surface area contributed by atoms with Crippen molar-refractivity contribution in [3.05, 3.63) is 17.5 Å². The highest BCUT2D eigenvalue weighted by Gasteiger charge is 2.33. The molecule has 1 saturated carbocycles. The van der Waals surface area contributed by atoms with Gasteiger partial charge in [0.1, 0.15) is 0 Å². The van der Waals surface area contributed by atoms with Crippen molar-refractivity contribution in [3.8, 4) is 0 Å². The standard InChI is InChI=1S/C13H19N7O/c1-2-12-14-13(16-21-12)10-4-3-7-19(10)8-11-15-17-18-20(11)9-5-6-9/h9-10H,2-8H2,1H3. The Kier molecular flexibility index (Phi) is 3.17. The Morgan fingerprint density at radius 2 is 2.19 bits per heavy atom. The molecule has 2 aromatic heterocycles. The molecule has 2 aliphatic rings. The van der Waals surface area contributed by atoms with Crippen molar-refractivity contribution in [2.75, 3.05) is 6.54 Å². The van der Waals surface area contributed by atoms with Gasteiger partial charge in [-0.3, -0.25) is 4.90 Å². The highest BCUT2D eigenvalue weighted by Crippen LogP contribution is 2.36. The minimum absolute atomic E-state index is 0.221. The third-order valence-corrected chi connectivity index (χ3v) is 4.25. The molecular weight excluding hydrogens is 270 g/mol. The van der Waals surface area contributed by atoms with E-state index in [9.17, 15) is 0 Å². The smallest absolute Gasteiger partial charge is 0.226 e. The molecule has 21 heavy (non-hydrogen) atoms. The van der Waals surface area contributed by atoms with Gasteiger partial charge in [0.2, 0.25) is 5.89 Å². The van der Waals surface area contributed by atoms with Crippen LogP contribution in [0.15, 0.2) is 4.52 Å². The Morgan fingerprint density at radius 1 is 1.29 bits per heavy atom. The number of tetrazole rings is 1. The van der Waals surface area contributed by atoms with E-state index in [0.29, 0.717) is 11.9 Å². The third kappa shape index (κ3) is 2.44. The molecule has 112 valence electrons. The predicted octanol–water partition coefficient (Wildman–Crippen LogP) is 1.29. The topological polar surface area (TPSA) is 85.8 Å². The van der Waals surface area contributed by atoms with E-state index in [1.165, 1.54) is 12.8 Å². The maximum atomic E-state index is 5.25. The lowest BCUT2D eigenvalue weighted by Gasteiger charge is -2.20. The maximum Gasteiger partial charge on any atom is 0.226 e. The van der Waals surface area contributed by atoms with Gasteiger partial charge in [-0.25, -0.2) is 4.68 Å². The van der Waals surface area contributed by atoms with E-state index in [0.717, 1.165) is 44.0 Å². The van der Waals surface area contributed by atoms with Crippen LogP contribution < -0.4 is 0 Å². The molecule has 2 fully saturated rings. The molecule has 8 heteroatoms. The monoisotopic (exact) mass is 289 g/mol. The normalized spacial score (nSPS) is 23.0. The quantitative estimate of drug-likeness (QED) is 0.819. The number of aryl methyl sites for hydroxylation is 1. The van der Waals surface area contributed by atoms with Crippen molar-refractivity contribution in [2.45, 2.75) is 57.7 Å². The van der Waals surface area contributed by atoms with E-state index in [-0.39, 0.29) is 6.04 Å². The van der Waals surface area contributed by atoms with Crippen LogP contribution in [0.3, 0.4) is 0 Å². The first-order valence-corrected chi connectivity index (χ1v) is 7.68. The van der Waals surface area contributed by atoms with E-state index < -0.39 is 0 Å². The first-order chi connectivity index (χ1) is 10.3. The van der Waals surface area contributed by atoms with Gasteiger partial charge in [-0.15, -0.1) is 5.10 Å². The molecule has 0 aromatic carbocycles. The lowest BCUT2D eigenvalue weighted by molar-refractivity contribution is 0.224. The second kappa shape index (κ2) is 5.18. The first kappa shape index (κ1) is 12.9. The zero-order valence-electron chi connectivity index (χ0n) is 12.1. The summed E-state index contributed by atoms with van der Waals surface area (Å²) in [6.45, 7) is 3.80. The van der Waals surface area contributed by atoms with Crippen LogP contribution in [0.5, 0.6) is 0 Å². The van der Waals surface area contributed by atoms with Crippen molar-refractivity contribution in [1.82, 2.24) is 35.2 Å². The summed E-state index contributed by atoms with van der Waals surface area (Å²) in [4.78, 5) is 6.84. The lowest BCUT2D eigenvalue weighted by Crippen LogP contribution is -2.25. The Hall–Kier alpha value is -1.83. The van der Waals surface area contributed by atoms with E-state index in [4.69, 9.17) is 4.52 Å². The summed E-state index contributed by atoms with van der Waals surface area (Å²) >= 11 is 0. The summed E-state index contributed by atoms with van der Waals surface area (Å²) in [6, 6.07) is 0.728. The number of hydrogen-bond donors (Lipinski definition) is 0. The van der Waals surface area contributed by atoms with Gasteiger partial charge in [0.15, 0.2) is 11.6 Å². The Labute approximate surface area is 122 Å². The zero-order valence-corrected chi connectivity index (χ0v) is 12.1. The van der Waals surface area contributed by atoms with E-state index >= 15 is 0 Å². The van der Waals surface area contributed by atoms with Crippen LogP contribution in [0.4, 0.5) is 0 Å². The molecule has 0 radical (unpaired) electrons. The van der Waals surface area contributed by atoms with Crippen molar-refractivity contribution in [2.24, 2.45) is 0 Å². The lowest BCUT2D eigenvalue weighted by atomic mass is 10.2. The summed E-state index contributed by atoms with van der Waals surface area (Å²) in [7, 11) is 0. The molecule has 0 amide bonds. The van der Waals surface area contributed by atoms with E-state index in [1.54, 1.807) is 0 Å². The van der Waals surface area contributed by atoms with Gasteiger partial charge in [-0.2, -0.15) is 4.98 Å². The van der Waals surface area contributed by atoms with Crippen molar-refractivity contribution >= 4 is 0 Å². The number of rotatable bonds is 5. The van der Waals surface area contributed by atoms with E-state index in [1.807, 2.05) is 11.6 Å². The minimum Gasteiger partial charge on any atom is -0.339 e. The molecule has 8 nitrogen and oxygen atoms in total. The second-order valence-corrected chi connectivity index (χ2v) is 5.80. The maximum absolute atomic E-state index is 5.25. The van der Waals surface area contributed by atoms with Crippen LogP contribution in [0.1, 0.15) is 62.2 Å². The Balaban J connectivity index is 1.52. The van der Waals surface area contributed by atoms with Gasteiger partial charge in [0.25, 0.3) is 0 Å². The molecule has 1 atom stereocenters. The Bertz CT molecular complexity index is 618. The molecular formula is C13H19N7O. The summed E-state index contributed by atoms with van der Waals surface area (Å²) in [5.74, 6) is 2.46. The van der Waals surface area contributed by atoms with Gasteiger partial charge >= 0.3 is 0 Å². The fourth-order valence-electron chi connectivity index (χ4n) is 2.96. The SMILES string of the molecule is CCc1nc(C2CCCN2Cc2nnnn2C2CC2)no1. The van der Waals surface area contributed by atoms with Crippen molar-refractivity contribution in [1.29, 1.82) is 0 Å². The fourth-order valence-corrected chi connectivity index (χ4v) is 2.96. The third-order valence-electron chi connectivity index (χ3n) is 4.25. The largest absolute Gasteiger partial charge is 0.339 e. The van der Waals surface area contributed by atoms with Crippen LogP contribution in [-0.2, 0) is 13.0 Å². The van der Waals surface area contributed by atoms with Crippen molar-refractivity contribution < 1.29 is 4.52 Å². The summed E-state index contributed by atoms with van der Waals surface area (Å²) < 4.78 is 7.22. The second-order valence-electron chi connectivity index (χ2n) is 5.80. The average molecular weight is 289 g/mol. The molecule has 4 rings (SSSR count). The number of hydrogen-bond acceptors (Lipinski definition) is 7. The van der Waals surface area contributed by atoms with Crippen LogP contribution in [-0.4, -0.2) is 41.8 Å². The predicted molar refractivity (Wildman–Crippen MR) is 72.1 cm³/mol. The summed E-state index contributed by atoms with van der Waals surface area (Å²) in [6.07, 6.45) is 5.36. The molecule has 1 saturated heterocycles. The van der Waals surface area contributed by atoms with Crippen LogP contribution >= 0.6 is 0 Å². The highest BCUT2D eigenvalue weighted by molar-refractivity contribution is 5.00. The van der Waals surface area contributed by atoms with Gasteiger partial charge in [0.05, 0.1) is 18.6 Å². The molecule has 1 aliphatic carbocycles. The summed E-state index contributed by atoms with van der Waals surface area (Å²) in [5.41, 5.74) is 0. The average Bonchev–Trinajstić information content (AvgIpc) is 2.95. The fraction of sp³-hybridized carbons (Fsp3) is 0.769. The Morgan fingerprint density at radius 3 is 2.95 bits per heavy atom. The molecule has 1 unspecified atom stereocenters. The molecule has 0 N–H and O–H groups in total. The first-order valence-electron chi connectivity index (χ1n) is 7.68. The van der Waals surface area contributed by atoms with Crippen molar-refractivity contribution in [3.63, 3.8) is 0 Å². The zero-order chi connectivity index (χ0) is 14.2. The van der Waals surface area contributed by atoms with Crippen LogP contribution in [0, 0.1) is 0 Å². The number of likely N-dealkylation sites (tertiary alicyclic amines) is 1. The molecule has 0 spiro atoms. The van der Waals surface area contributed by atoms with Crippen LogP contribution in [0.2, 0.25) is 0 Å². The molecule has 2 aromatic rings. The van der Waals surface area contributed by atoms with Gasteiger partial charge in [-0.05, 0) is 42.7 Å². The van der Waals surface area contributed by atoms with Gasteiger partial charge < -0.3 is 4.52 Å². The number of nitrogens with zero attached hydrogens (tertiary/aromatic N) is 7. The van der Waals surface area contributed by atoms with Gasteiger partial charge in [0, 0.05) is 6.42 Å². The number of aromatic nitrogens is 6. The van der Waals surface area contributed by atoms with Gasteiger partial charge in [-0.1, -0.05) is 12.1 Å². The summed E-state index contributed by atoms with van der Waals surface area (Å²) in [5, 5.41) is 16.3. The molecule has 1 aliphatic heterocycles.